The number of benzene rings is 2. The van der Waals surface area contributed by atoms with E-state index in [1.165, 1.54) is 18.1 Å². The molecule has 0 saturated carbocycles. The zero-order valence-corrected chi connectivity index (χ0v) is 34.2. The van der Waals surface area contributed by atoms with Gasteiger partial charge in [0.05, 0.1) is 57.9 Å². The van der Waals surface area contributed by atoms with E-state index in [1.807, 2.05) is 65.8 Å². The van der Waals surface area contributed by atoms with Crippen molar-refractivity contribution in [2.75, 3.05) is 13.7 Å². The summed E-state index contributed by atoms with van der Waals surface area (Å²) in [6, 6.07) is 14.7. The molecule has 0 aliphatic carbocycles. The Morgan fingerprint density at radius 2 is 1.80 bits per heavy atom. The molecule has 294 valence electrons. The first-order valence-corrected chi connectivity index (χ1v) is 20.2. The fraction of sp³-hybridized carbons (Fsp3) is 0.452. The molecule has 3 aliphatic heterocycles. The number of nitrogens with one attached hydrogen (secondary N) is 2. The van der Waals surface area contributed by atoms with Gasteiger partial charge in [-0.15, -0.1) is 11.3 Å². The van der Waals surface area contributed by atoms with Gasteiger partial charge in [0.1, 0.15) is 23.4 Å². The molecule has 14 heteroatoms. The predicted octanol–water partition coefficient (Wildman–Crippen LogP) is 8.31. The second-order valence-electron chi connectivity index (χ2n) is 16.7. The zero-order valence-electron chi connectivity index (χ0n) is 33.4. The fourth-order valence-electron chi connectivity index (χ4n) is 7.92. The average molecular weight is 782 g/mol. The van der Waals surface area contributed by atoms with Crippen LogP contribution in [0.3, 0.4) is 0 Å². The third kappa shape index (κ3) is 6.49. The number of imidazole rings is 1. The number of ether oxygens (including phenoxy) is 2. The Bertz CT molecular complexity index is 2310. The highest BCUT2D eigenvalue weighted by Crippen LogP contribution is 2.48. The molecule has 0 bridgehead atoms. The molecule has 1 unspecified atom stereocenters. The molecule has 2 N–H and O–H groups in total. The highest BCUT2D eigenvalue weighted by molar-refractivity contribution is 7.12. The molecule has 2 fully saturated rings. The van der Waals surface area contributed by atoms with E-state index in [2.05, 4.69) is 51.9 Å². The first-order chi connectivity index (χ1) is 26.6. The summed E-state index contributed by atoms with van der Waals surface area (Å²) < 4.78 is 43.1. The summed E-state index contributed by atoms with van der Waals surface area (Å²) in [6.45, 7) is 16.8. The second-order valence-corrected chi connectivity index (χ2v) is 17.9. The maximum atomic E-state index is 16.7. The van der Waals surface area contributed by atoms with Gasteiger partial charge in [0, 0.05) is 22.4 Å². The van der Waals surface area contributed by atoms with E-state index in [9.17, 15) is 9.59 Å². The number of halogens is 1. The minimum Gasteiger partial charge on any atom is -0.464 e. The minimum absolute atomic E-state index is 0.153. The predicted molar refractivity (Wildman–Crippen MR) is 216 cm³/mol. The summed E-state index contributed by atoms with van der Waals surface area (Å²) in [7, 11) is 0.742. The number of rotatable bonds is 8. The third-order valence-corrected chi connectivity index (χ3v) is 13.2. The van der Waals surface area contributed by atoms with Gasteiger partial charge < -0.3 is 34.0 Å². The van der Waals surface area contributed by atoms with Crippen LogP contribution in [0, 0.1) is 11.7 Å². The molecule has 11 nitrogen and oxygen atoms in total. The highest BCUT2D eigenvalue weighted by Gasteiger charge is 2.52. The molecule has 0 radical (unpaired) electrons. The van der Waals surface area contributed by atoms with Crippen molar-refractivity contribution in [3.63, 3.8) is 0 Å². The third-order valence-electron chi connectivity index (χ3n) is 11.8. The van der Waals surface area contributed by atoms with E-state index in [0.717, 1.165) is 27.7 Å². The lowest BCUT2D eigenvalue weighted by Gasteiger charge is -2.32. The van der Waals surface area contributed by atoms with Crippen molar-refractivity contribution in [1.29, 1.82) is 0 Å². The van der Waals surface area contributed by atoms with Crippen LogP contribution in [-0.2, 0) is 18.8 Å². The molecule has 6 heterocycles. The SMILES string of the molecule is COC(=O)N[C@H](C(=O)N1CCC[C@H]1c1ncc(-c2cc(F)c3c(c2)OC(c2ccc(C(C)C)s2)n2c-3cc3cc(B4OC(C)(C)C(C)(C)O4)ccc32)[nH]1)C(C)C. The van der Waals surface area contributed by atoms with Crippen LogP contribution in [0.2, 0.25) is 0 Å². The Balaban J connectivity index is 1.16. The number of likely N-dealkylation sites (tertiary alicyclic amines) is 1. The maximum absolute atomic E-state index is 16.7. The molecule has 3 aromatic heterocycles. The van der Waals surface area contributed by atoms with Crippen LogP contribution in [0.4, 0.5) is 9.18 Å². The number of carbonyl (C=O) groups is 2. The lowest BCUT2D eigenvalue weighted by molar-refractivity contribution is -0.135. The van der Waals surface area contributed by atoms with Crippen LogP contribution < -0.4 is 15.5 Å². The number of alkyl carbamates (subject to hydrolysis) is 1. The lowest BCUT2D eigenvalue weighted by atomic mass is 9.78. The highest BCUT2D eigenvalue weighted by atomic mass is 32.1. The van der Waals surface area contributed by atoms with Crippen LogP contribution in [0.15, 0.2) is 54.7 Å². The summed E-state index contributed by atoms with van der Waals surface area (Å²) in [5.74, 6) is 0.590. The van der Waals surface area contributed by atoms with E-state index in [0.29, 0.717) is 53.0 Å². The van der Waals surface area contributed by atoms with Crippen molar-refractivity contribution in [3.05, 3.63) is 76.1 Å². The van der Waals surface area contributed by atoms with Gasteiger partial charge in [-0.1, -0.05) is 39.8 Å². The summed E-state index contributed by atoms with van der Waals surface area (Å²) in [5, 5.41) is 3.61. The number of aromatic nitrogens is 3. The van der Waals surface area contributed by atoms with Crippen LogP contribution in [0.25, 0.3) is 33.4 Å². The number of H-pyrrole nitrogens is 1. The van der Waals surface area contributed by atoms with Crippen molar-refractivity contribution < 1.29 is 32.8 Å². The van der Waals surface area contributed by atoms with Crippen LogP contribution >= 0.6 is 11.3 Å². The summed E-state index contributed by atoms with van der Waals surface area (Å²) >= 11 is 1.70. The van der Waals surface area contributed by atoms with Crippen molar-refractivity contribution in [2.24, 2.45) is 5.92 Å². The van der Waals surface area contributed by atoms with Gasteiger partial charge in [-0.3, -0.25) is 9.36 Å². The molecule has 5 aromatic rings. The number of carbonyl (C=O) groups excluding carboxylic acids is 2. The van der Waals surface area contributed by atoms with Gasteiger partial charge >= 0.3 is 13.2 Å². The van der Waals surface area contributed by atoms with Crippen molar-refractivity contribution in [2.45, 2.75) is 104 Å². The standard InChI is InChI=1S/C42H49BFN5O6S/c1-22(2)33-14-15-34(56-33)39-49-29-13-12-26(43-54-41(5,6)42(7,8)55-43)17-25(29)19-31(49)35-27(44)18-24(20-32(35)53-39)28-21-45-37(46-28)30-11-10-16-48(30)38(50)36(23(3)4)47-40(51)52-9/h12-15,17-23,30,36,39H,10-11,16H2,1-9H3,(H,45,46)(H,47,51)/t30-,36-,39?/m0/s1. The Labute approximate surface area is 331 Å². The largest absolute Gasteiger partial charge is 0.494 e. The van der Waals surface area contributed by atoms with E-state index < -0.39 is 42.5 Å². The van der Waals surface area contributed by atoms with Crippen LogP contribution in [0.5, 0.6) is 5.75 Å². The Morgan fingerprint density at radius 3 is 2.48 bits per heavy atom. The monoisotopic (exact) mass is 781 g/mol. The number of nitrogens with zero attached hydrogens (tertiary/aromatic N) is 3. The molecule has 0 spiro atoms. The first kappa shape index (κ1) is 38.2. The Kier molecular flexibility index (Phi) is 9.60. The number of hydrogen-bond donors (Lipinski definition) is 2. The molecule has 3 atom stereocenters. The fourth-order valence-corrected chi connectivity index (χ4v) is 8.95. The first-order valence-electron chi connectivity index (χ1n) is 19.4. The molecule has 2 amide bonds. The molecular formula is C42H49BFN5O6S. The summed E-state index contributed by atoms with van der Waals surface area (Å²) in [6.07, 6.45) is 1.97. The van der Waals surface area contributed by atoms with E-state index in [-0.39, 0.29) is 17.9 Å². The Hall–Kier alpha value is -4.66. The molecule has 3 aliphatic rings. The molecule has 2 saturated heterocycles. The van der Waals surface area contributed by atoms with Crippen LogP contribution in [-0.4, -0.2) is 69.5 Å². The summed E-state index contributed by atoms with van der Waals surface area (Å²) in [4.78, 5) is 37.9. The number of aromatic amines is 1. The van der Waals surface area contributed by atoms with Crippen LogP contribution in [0.1, 0.15) is 102 Å². The topological polar surface area (TPSA) is 120 Å². The zero-order chi connectivity index (χ0) is 39.8. The van der Waals surface area contributed by atoms with E-state index in [4.69, 9.17) is 18.8 Å². The van der Waals surface area contributed by atoms with Gasteiger partial charge in [0.2, 0.25) is 12.1 Å². The summed E-state index contributed by atoms with van der Waals surface area (Å²) in [5.41, 5.74) is 3.10. The van der Waals surface area contributed by atoms with Gasteiger partial charge in [-0.2, -0.15) is 0 Å². The number of methoxy groups -OCH3 is 1. The van der Waals surface area contributed by atoms with Crippen molar-refractivity contribution in [3.8, 4) is 28.3 Å². The number of thiophene rings is 1. The number of hydrogen-bond acceptors (Lipinski definition) is 8. The second kappa shape index (κ2) is 14.1. The van der Waals surface area contributed by atoms with Gasteiger partial charge in [-0.05, 0) is 94.2 Å². The van der Waals surface area contributed by atoms with Gasteiger partial charge in [0.25, 0.3) is 0 Å². The van der Waals surface area contributed by atoms with Crippen molar-refractivity contribution in [1.82, 2.24) is 24.8 Å². The lowest BCUT2D eigenvalue weighted by Crippen LogP contribution is -2.51. The average Bonchev–Trinajstić information content (AvgIpc) is 3.99. The Morgan fingerprint density at radius 1 is 1.05 bits per heavy atom. The van der Waals surface area contributed by atoms with E-state index in [1.54, 1.807) is 22.4 Å². The van der Waals surface area contributed by atoms with Gasteiger partial charge in [-0.25, -0.2) is 14.2 Å². The van der Waals surface area contributed by atoms with E-state index >= 15 is 4.39 Å². The molecule has 2 aromatic carbocycles. The number of fused-ring (bicyclic) bond motifs is 5. The molecule has 56 heavy (non-hydrogen) atoms. The number of amides is 2. The normalized spacial score (nSPS) is 20.4. The van der Waals surface area contributed by atoms with Crippen molar-refractivity contribution >= 4 is 46.8 Å². The maximum Gasteiger partial charge on any atom is 0.494 e. The molecular weight excluding hydrogens is 732 g/mol. The molecule has 8 rings (SSSR count). The minimum atomic E-state index is -0.747. The van der Waals surface area contributed by atoms with Gasteiger partial charge in [0.15, 0.2) is 0 Å². The smallest absolute Gasteiger partial charge is 0.464 e. The quantitative estimate of drug-likeness (QED) is 0.152.